The summed E-state index contributed by atoms with van der Waals surface area (Å²) in [7, 11) is 0. The first kappa shape index (κ1) is 10.7. The molecule has 1 aromatic heterocycles. The molecule has 2 unspecified atom stereocenters. The third-order valence-electron chi connectivity index (χ3n) is 3.62. The fourth-order valence-corrected chi connectivity index (χ4v) is 2.69. The molecule has 1 saturated carbocycles. The van der Waals surface area contributed by atoms with Crippen LogP contribution in [0.25, 0.3) is 0 Å². The largest absolute Gasteiger partial charge is 0.468 e. The van der Waals surface area contributed by atoms with Crippen molar-refractivity contribution in [3.63, 3.8) is 0 Å². The van der Waals surface area contributed by atoms with E-state index in [0.29, 0.717) is 12.1 Å². The molecule has 1 aromatic rings. The monoisotopic (exact) mass is 207 g/mol. The maximum Gasteiger partial charge on any atom is 0.120 e. The van der Waals surface area contributed by atoms with Gasteiger partial charge in [-0.3, -0.25) is 0 Å². The molecule has 0 aromatic carbocycles. The minimum Gasteiger partial charge on any atom is -0.468 e. The van der Waals surface area contributed by atoms with Gasteiger partial charge in [0.2, 0.25) is 0 Å². The van der Waals surface area contributed by atoms with Gasteiger partial charge in [-0.15, -0.1) is 0 Å². The van der Waals surface area contributed by atoms with Gasteiger partial charge < -0.3 is 9.73 Å². The van der Waals surface area contributed by atoms with Crippen LogP contribution in [-0.4, -0.2) is 6.04 Å². The summed E-state index contributed by atoms with van der Waals surface area (Å²) in [6.07, 6.45) is 7.13. The Labute approximate surface area is 92.1 Å². The molecule has 1 N–H and O–H groups in total. The lowest BCUT2D eigenvalue weighted by molar-refractivity contribution is 0.332. The van der Waals surface area contributed by atoms with Crippen molar-refractivity contribution >= 4 is 0 Å². The van der Waals surface area contributed by atoms with Crippen molar-refractivity contribution in [3.05, 3.63) is 24.2 Å². The summed E-state index contributed by atoms with van der Waals surface area (Å²) in [5.74, 6) is 1.92. The van der Waals surface area contributed by atoms with Crippen LogP contribution in [0.1, 0.15) is 51.3 Å². The van der Waals surface area contributed by atoms with Crippen LogP contribution >= 0.6 is 0 Å². The van der Waals surface area contributed by atoms with Gasteiger partial charge in [-0.1, -0.05) is 19.8 Å². The van der Waals surface area contributed by atoms with Crippen LogP contribution < -0.4 is 5.32 Å². The van der Waals surface area contributed by atoms with Crippen molar-refractivity contribution in [2.24, 2.45) is 5.92 Å². The highest BCUT2D eigenvalue weighted by Crippen LogP contribution is 2.30. The Morgan fingerprint density at radius 2 is 2.40 bits per heavy atom. The molecule has 0 spiro atoms. The Morgan fingerprint density at radius 3 is 3.07 bits per heavy atom. The number of rotatable bonds is 4. The summed E-state index contributed by atoms with van der Waals surface area (Å²) in [6.45, 7) is 4.48. The van der Waals surface area contributed by atoms with Crippen LogP contribution in [0, 0.1) is 5.92 Å². The van der Waals surface area contributed by atoms with E-state index in [1.54, 1.807) is 6.26 Å². The maximum atomic E-state index is 5.41. The lowest BCUT2D eigenvalue weighted by Crippen LogP contribution is -2.34. The summed E-state index contributed by atoms with van der Waals surface area (Å²) in [6, 6.07) is 5.04. The van der Waals surface area contributed by atoms with E-state index in [4.69, 9.17) is 4.42 Å². The topological polar surface area (TPSA) is 25.2 Å². The fourth-order valence-electron chi connectivity index (χ4n) is 2.69. The average Bonchev–Trinajstić information content (AvgIpc) is 2.87. The number of nitrogens with one attached hydrogen (secondary N) is 1. The maximum absolute atomic E-state index is 5.41. The van der Waals surface area contributed by atoms with Crippen molar-refractivity contribution in [3.8, 4) is 0 Å². The molecule has 3 atom stereocenters. The molecule has 15 heavy (non-hydrogen) atoms. The van der Waals surface area contributed by atoms with Gasteiger partial charge in [-0.25, -0.2) is 0 Å². The SMILES string of the molecule is CCC1CCCC1N[C@H](C)c1ccco1. The van der Waals surface area contributed by atoms with Crippen LogP contribution in [0.3, 0.4) is 0 Å². The Kier molecular flexibility index (Phi) is 3.47. The van der Waals surface area contributed by atoms with E-state index in [-0.39, 0.29) is 0 Å². The van der Waals surface area contributed by atoms with Crippen molar-refractivity contribution < 1.29 is 4.42 Å². The first-order chi connectivity index (χ1) is 7.31. The van der Waals surface area contributed by atoms with Gasteiger partial charge >= 0.3 is 0 Å². The van der Waals surface area contributed by atoms with Gasteiger partial charge in [-0.2, -0.15) is 0 Å². The highest BCUT2D eigenvalue weighted by atomic mass is 16.3. The number of hydrogen-bond acceptors (Lipinski definition) is 2. The normalized spacial score (nSPS) is 28.1. The van der Waals surface area contributed by atoms with E-state index in [9.17, 15) is 0 Å². The first-order valence-electron chi connectivity index (χ1n) is 6.10. The molecule has 2 nitrogen and oxygen atoms in total. The molecule has 0 radical (unpaired) electrons. The molecule has 1 heterocycles. The average molecular weight is 207 g/mol. The summed E-state index contributed by atoms with van der Waals surface area (Å²) in [4.78, 5) is 0. The zero-order chi connectivity index (χ0) is 10.7. The van der Waals surface area contributed by atoms with Gasteiger partial charge in [-0.05, 0) is 37.8 Å². The van der Waals surface area contributed by atoms with Crippen molar-refractivity contribution in [1.29, 1.82) is 0 Å². The Bertz CT molecular complexity index is 281. The second kappa shape index (κ2) is 4.84. The zero-order valence-electron chi connectivity index (χ0n) is 9.70. The van der Waals surface area contributed by atoms with E-state index < -0.39 is 0 Å². The standard InChI is InChI=1S/C13H21NO/c1-3-11-6-4-7-12(11)14-10(2)13-8-5-9-15-13/h5,8-12,14H,3-4,6-7H2,1-2H3/t10-,11?,12?/m1/s1. The van der Waals surface area contributed by atoms with E-state index in [2.05, 4.69) is 19.2 Å². The summed E-state index contributed by atoms with van der Waals surface area (Å²) >= 11 is 0. The van der Waals surface area contributed by atoms with Gasteiger partial charge in [0.05, 0.1) is 12.3 Å². The summed E-state index contributed by atoms with van der Waals surface area (Å²) < 4.78 is 5.41. The quantitative estimate of drug-likeness (QED) is 0.817. The smallest absolute Gasteiger partial charge is 0.120 e. The van der Waals surface area contributed by atoms with E-state index in [1.807, 2.05) is 12.1 Å². The predicted octanol–water partition coefficient (Wildman–Crippen LogP) is 3.51. The first-order valence-corrected chi connectivity index (χ1v) is 6.10. The van der Waals surface area contributed by atoms with Crippen LogP contribution in [0.5, 0.6) is 0 Å². The van der Waals surface area contributed by atoms with Gasteiger partial charge in [0.1, 0.15) is 5.76 Å². The Morgan fingerprint density at radius 1 is 1.53 bits per heavy atom. The van der Waals surface area contributed by atoms with Crippen molar-refractivity contribution in [2.45, 2.75) is 51.6 Å². The summed E-state index contributed by atoms with van der Waals surface area (Å²) in [5, 5.41) is 3.69. The number of hydrogen-bond donors (Lipinski definition) is 1. The molecule has 1 aliphatic carbocycles. The molecule has 0 amide bonds. The highest BCUT2D eigenvalue weighted by Gasteiger charge is 2.27. The van der Waals surface area contributed by atoms with E-state index in [1.165, 1.54) is 25.7 Å². The predicted molar refractivity (Wildman–Crippen MR) is 61.7 cm³/mol. The van der Waals surface area contributed by atoms with Gasteiger partial charge in [0, 0.05) is 6.04 Å². The van der Waals surface area contributed by atoms with E-state index in [0.717, 1.165) is 11.7 Å². The zero-order valence-corrected chi connectivity index (χ0v) is 9.70. The van der Waals surface area contributed by atoms with Crippen LogP contribution in [0.2, 0.25) is 0 Å². The molecule has 2 rings (SSSR count). The van der Waals surface area contributed by atoms with Gasteiger partial charge in [0.15, 0.2) is 0 Å². The molecule has 0 bridgehead atoms. The molecular weight excluding hydrogens is 186 g/mol. The molecular formula is C13H21NO. The minimum atomic E-state index is 0.345. The fraction of sp³-hybridized carbons (Fsp3) is 0.692. The molecule has 1 fully saturated rings. The number of furan rings is 1. The minimum absolute atomic E-state index is 0.345. The molecule has 0 saturated heterocycles. The third kappa shape index (κ3) is 2.43. The Hall–Kier alpha value is -0.760. The van der Waals surface area contributed by atoms with Crippen molar-refractivity contribution in [1.82, 2.24) is 5.32 Å². The Balaban J connectivity index is 1.91. The van der Waals surface area contributed by atoms with Crippen molar-refractivity contribution in [2.75, 3.05) is 0 Å². The van der Waals surface area contributed by atoms with Crippen LogP contribution in [-0.2, 0) is 0 Å². The summed E-state index contributed by atoms with van der Waals surface area (Å²) in [5.41, 5.74) is 0. The second-order valence-corrected chi connectivity index (χ2v) is 4.61. The highest BCUT2D eigenvalue weighted by molar-refractivity contribution is 5.04. The lowest BCUT2D eigenvalue weighted by atomic mass is 10.00. The molecule has 1 aliphatic rings. The second-order valence-electron chi connectivity index (χ2n) is 4.61. The molecule has 0 aliphatic heterocycles. The third-order valence-corrected chi connectivity index (χ3v) is 3.62. The van der Waals surface area contributed by atoms with Gasteiger partial charge in [0.25, 0.3) is 0 Å². The molecule has 84 valence electrons. The van der Waals surface area contributed by atoms with Crippen LogP contribution in [0.4, 0.5) is 0 Å². The van der Waals surface area contributed by atoms with Crippen LogP contribution in [0.15, 0.2) is 22.8 Å². The lowest BCUT2D eigenvalue weighted by Gasteiger charge is -2.23. The van der Waals surface area contributed by atoms with E-state index >= 15 is 0 Å². The molecule has 2 heteroatoms.